The monoisotopic (exact) mass is 355 g/mol. The van der Waals surface area contributed by atoms with E-state index in [0.717, 1.165) is 37.7 Å². The summed E-state index contributed by atoms with van der Waals surface area (Å²) < 4.78 is 0. The molecule has 0 saturated heterocycles. The quantitative estimate of drug-likeness (QED) is 0.863. The van der Waals surface area contributed by atoms with Crippen molar-refractivity contribution in [3.63, 3.8) is 0 Å². The van der Waals surface area contributed by atoms with Gasteiger partial charge in [0, 0.05) is 12.2 Å². The molecule has 6 heteroatoms. The van der Waals surface area contributed by atoms with Crippen LogP contribution in [0.4, 0.5) is 0 Å². The Morgan fingerprint density at radius 2 is 1.96 bits per heavy atom. The molecule has 1 heterocycles. The number of nitrogens with zero attached hydrogens (tertiary/aromatic N) is 2. The van der Waals surface area contributed by atoms with Crippen molar-refractivity contribution in [3.8, 4) is 0 Å². The first-order valence-electron chi connectivity index (χ1n) is 9.16. The number of carbonyl (C=O) groups excluding carboxylic acids is 1. The number of amides is 1. The molecule has 1 aromatic carbocycles. The first-order valence-corrected chi connectivity index (χ1v) is 9.16. The lowest BCUT2D eigenvalue weighted by atomic mass is 9.93. The normalized spacial score (nSPS) is 16.2. The van der Waals surface area contributed by atoms with Gasteiger partial charge in [-0.15, -0.1) is 0 Å². The van der Waals surface area contributed by atoms with Gasteiger partial charge >= 0.3 is 0 Å². The molecule has 6 nitrogen and oxygen atoms in total. The number of aromatic amines is 1. The highest BCUT2D eigenvalue weighted by Gasteiger charge is 2.30. The molecule has 2 aromatic rings. The Balaban J connectivity index is 1.87. The molecule has 138 valence electrons. The van der Waals surface area contributed by atoms with E-state index in [9.17, 15) is 14.7 Å². The fourth-order valence-corrected chi connectivity index (χ4v) is 3.55. The van der Waals surface area contributed by atoms with E-state index in [4.69, 9.17) is 0 Å². The second kappa shape index (κ2) is 8.27. The van der Waals surface area contributed by atoms with Crippen LogP contribution in [0.3, 0.4) is 0 Å². The van der Waals surface area contributed by atoms with Crippen LogP contribution >= 0.6 is 0 Å². The minimum absolute atomic E-state index is 0.0291. The van der Waals surface area contributed by atoms with Crippen molar-refractivity contribution in [2.45, 2.75) is 51.2 Å². The van der Waals surface area contributed by atoms with Gasteiger partial charge in [-0.1, -0.05) is 49.6 Å². The first kappa shape index (κ1) is 18.3. The predicted molar refractivity (Wildman–Crippen MR) is 98.9 cm³/mol. The van der Waals surface area contributed by atoms with Crippen LogP contribution in [0.5, 0.6) is 0 Å². The molecule has 0 radical (unpaired) electrons. The number of hydrogen-bond donors (Lipinski definition) is 2. The number of aliphatic hydroxyl groups is 1. The zero-order chi connectivity index (χ0) is 18.5. The number of aromatic nitrogens is 2. The summed E-state index contributed by atoms with van der Waals surface area (Å²) in [5, 5.41) is 10.6. The minimum atomic E-state index is -0.792. The molecule has 0 bridgehead atoms. The van der Waals surface area contributed by atoms with E-state index in [0.29, 0.717) is 5.82 Å². The first-order chi connectivity index (χ1) is 12.6. The molecule has 1 saturated carbocycles. The fourth-order valence-electron chi connectivity index (χ4n) is 3.55. The molecule has 1 aliphatic carbocycles. The van der Waals surface area contributed by atoms with Gasteiger partial charge in [0.05, 0.1) is 12.6 Å². The number of rotatable bonds is 5. The number of benzene rings is 1. The average Bonchev–Trinajstić information content (AvgIpc) is 2.67. The number of aryl methyl sites for hydroxylation is 1. The Kier molecular flexibility index (Phi) is 5.83. The lowest BCUT2D eigenvalue weighted by Crippen LogP contribution is -2.45. The molecule has 0 aliphatic heterocycles. The number of hydrogen-bond acceptors (Lipinski definition) is 4. The van der Waals surface area contributed by atoms with Gasteiger partial charge in [0.25, 0.3) is 11.5 Å². The molecular formula is C20H25N3O3. The van der Waals surface area contributed by atoms with E-state index >= 15 is 0 Å². The minimum Gasteiger partial charge on any atom is -0.387 e. The number of aliphatic hydroxyl groups excluding tert-OH is 1. The van der Waals surface area contributed by atoms with Crippen molar-refractivity contribution < 1.29 is 9.90 Å². The maximum atomic E-state index is 13.1. The van der Waals surface area contributed by atoms with Gasteiger partial charge in [0.15, 0.2) is 0 Å². The molecule has 2 N–H and O–H groups in total. The van der Waals surface area contributed by atoms with Crippen molar-refractivity contribution in [2.24, 2.45) is 0 Å². The Labute approximate surface area is 152 Å². The highest BCUT2D eigenvalue weighted by atomic mass is 16.3. The molecule has 0 unspecified atom stereocenters. The standard InChI is InChI=1S/C20H25N3O3/c1-14-21-12-17(19(25)22-14)20(26)23(16-10-6-3-7-11-16)13-18(24)15-8-4-2-5-9-15/h2,4-5,8-9,12,16,18,24H,3,6-7,10-11,13H2,1H3,(H,21,22,25)/t18-/m1/s1. The van der Waals surface area contributed by atoms with Crippen LogP contribution in [-0.4, -0.2) is 38.5 Å². The van der Waals surface area contributed by atoms with Gasteiger partial charge in [0.1, 0.15) is 11.4 Å². The van der Waals surface area contributed by atoms with Crippen molar-refractivity contribution in [1.29, 1.82) is 0 Å². The maximum absolute atomic E-state index is 13.1. The van der Waals surface area contributed by atoms with Crippen LogP contribution in [0.2, 0.25) is 0 Å². The third kappa shape index (κ3) is 4.19. The molecule has 1 aromatic heterocycles. The Hall–Kier alpha value is -2.47. The molecule has 1 fully saturated rings. The van der Waals surface area contributed by atoms with Crippen molar-refractivity contribution in [1.82, 2.24) is 14.9 Å². The Morgan fingerprint density at radius 1 is 1.27 bits per heavy atom. The summed E-state index contributed by atoms with van der Waals surface area (Å²) in [4.78, 5) is 33.6. The highest BCUT2D eigenvalue weighted by molar-refractivity contribution is 5.93. The van der Waals surface area contributed by atoms with Crippen molar-refractivity contribution in [2.75, 3.05) is 6.54 Å². The van der Waals surface area contributed by atoms with E-state index < -0.39 is 11.7 Å². The molecule has 3 rings (SSSR count). The van der Waals surface area contributed by atoms with E-state index in [1.165, 1.54) is 6.20 Å². The largest absolute Gasteiger partial charge is 0.387 e. The zero-order valence-electron chi connectivity index (χ0n) is 15.0. The molecule has 0 spiro atoms. The summed E-state index contributed by atoms with van der Waals surface area (Å²) in [6.07, 6.45) is 5.60. The fraction of sp³-hybridized carbons (Fsp3) is 0.450. The zero-order valence-corrected chi connectivity index (χ0v) is 15.0. The van der Waals surface area contributed by atoms with E-state index in [1.807, 2.05) is 30.3 Å². The average molecular weight is 355 g/mol. The van der Waals surface area contributed by atoms with Gasteiger partial charge in [0.2, 0.25) is 0 Å². The number of carbonyl (C=O) groups is 1. The molecular weight excluding hydrogens is 330 g/mol. The van der Waals surface area contributed by atoms with Crippen LogP contribution in [0.1, 0.15) is 60.0 Å². The van der Waals surface area contributed by atoms with E-state index in [1.54, 1.807) is 11.8 Å². The third-order valence-corrected chi connectivity index (χ3v) is 4.99. The van der Waals surface area contributed by atoms with Gasteiger partial charge in [-0.25, -0.2) is 4.98 Å². The number of nitrogens with one attached hydrogen (secondary N) is 1. The molecule has 1 atom stereocenters. The Bertz CT molecular complexity index is 797. The SMILES string of the molecule is Cc1ncc(C(=O)N(C[C@@H](O)c2ccccc2)C2CCCCC2)c(=O)[nH]1. The van der Waals surface area contributed by atoms with Gasteiger partial charge < -0.3 is 15.0 Å². The summed E-state index contributed by atoms with van der Waals surface area (Å²) >= 11 is 0. The van der Waals surface area contributed by atoms with E-state index in [2.05, 4.69) is 9.97 Å². The summed E-state index contributed by atoms with van der Waals surface area (Å²) in [6, 6.07) is 9.33. The topological polar surface area (TPSA) is 86.3 Å². The summed E-state index contributed by atoms with van der Waals surface area (Å²) in [5.74, 6) is 0.112. The van der Waals surface area contributed by atoms with Crippen LogP contribution in [0, 0.1) is 6.92 Å². The van der Waals surface area contributed by atoms with Crippen LogP contribution < -0.4 is 5.56 Å². The van der Waals surface area contributed by atoms with Crippen LogP contribution in [-0.2, 0) is 0 Å². The van der Waals surface area contributed by atoms with Crippen molar-refractivity contribution >= 4 is 5.91 Å². The van der Waals surface area contributed by atoms with Crippen molar-refractivity contribution in [3.05, 3.63) is 63.8 Å². The summed E-state index contributed by atoms with van der Waals surface area (Å²) in [5.41, 5.74) is 0.357. The smallest absolute Gasteiger partial charge is 0.263 e. The maximum Gasteiger partial charge on any atom is 0.263 e. The lowest BCUT2D eigenvalue weighted by Gasteiger charge is -2.35. The Morgan fingerprint density at radius 3 is 2.62 bits per heavy atom. The summed E-state index contributed by atoms with van der Waals surface area (Å²) in [6.45, 7) is 1.84. The van der Waals surface area contributed by atoms with Gasteiger partial charge in [-0.3, -0.25) is 9.59 Å². The second-order valence-electron chi connectivity index (χ2n) is 6.89. The predicted octanol–water partition coefficient (Wildman–Crippen LogP) is 2.59. The van der Waals surface area contributed by atoms with Crippen LogP contribution in [0.25, 0.3) is 0 Å². The molecule has 1 amide bonds. The van der Waals surface area contributed by atoms with Gasteiger partial charge in [-0.2, -0.15) is 0 Å². The highest BCUT2D eigenvalue weighted by Crippen LogP contribution is 2.26. The van der Waals surface area contributed by atoms with E-state index in [-0.39, 0.29) is 24.1 Å². The van der Waals surface area contributed by atoms with Gasteiger partial charge in [-0.05, 0) is 25.3 Å². The lowest BCUT2D eigenvalue weighted by molar-refractivity contribution is 0.0452. The molecule has 26 heavy (non-hydrogen) atoms. The number of H-pyrrole nitrogens is 1. The second-order valence-corrected chi connectivity index (χ2v) is 6.89. The van der Waals surface area contributed by atoms with Crippen LogP contribution in [0.15, 0.2) is 41.3 Å². The molecule has 1 aliphatic rings. The summed E-state index contributed by atoms with van der Waals surface area (Å²) in [7, 11) is 0. The third-order valence-electron chi connectivity index (χ3n) is 4.99.